The third kappa shape index (κ3) is 4.75. The molecule has 2 rings (SSSR count). The van der Waals surface area contributed by atoms with Crippen LogP contribution in [-0.2, 0) is 0 Å². The Kier molecular flexibility index (Phi) is 5.64. The molecule has 1 aromatic rings. The van der Waals surface area contributed by atoms with Gasteiger partial charge < -0.3 is 25.0 Å². The first kappa shape index (κ1) is 15.9. The number of rotatable bonds is 4. The third-order valence-electron chi connectivity index (χ3n) is 3.66. The van der Waals surface area contributed by atoms with E-state index in [1.54, 1.807) is 14.2 Å². The predicted molar refractivity (Wildman–Crippen MR) is 89.4 cm³/mol. The Bertz CT molecular complexity index is 466. The maximum atomic E-state index is 5.39. The van der Waals surface area contributed by atoms with Crippen molar-refractivity contribution in [1.29, 1.82) is 0 Å². The minimum absolute atomic E-state index is 0.439. The normalized spacial score (nSPS) is 16.3. The fourth-order valence-corrected chi connectivity index (χ4v) is 2.67. The molecular formula is C15H23N3O2S. The molecule has 1 fully saturated rings. The molecule has 5 nitrogen and oxygen atoms in total. The summed E-state index contributed by atoms with van der Waals surface area (Å²) in [6, 6.07) is 6.06. The van der Waals surface area contributed by atoms with Crippen molar-refractivity contribution in [3.05, 3.63) is 18.2 Å². The summed E-state index contributed by atoms with van der Waals surface area (Å²) in [7, 11) is 5.41. The van der Waals surface area contributed by atoms with Gasteiger partial charge in [-0.2, -0.15) is 0 Å². The molecular weight excluding hydrogens is 286 g/mol. The van der Waals surface area contributed by atoms with Crippen LogP contribution in [0.15, 0.2) is 18.2 Å². The zero-order valence-electron chi connectivity index (χ0n) is 12.8. The number of piperidine rings is 1. The van der Waals surface area contributed by atoms with Crippen LogP contribution in [0.1, 0.15) is 12.8 Å². The van der Waals surface area contributed by atoms with Crippen molar-refractivity contribution < 1.29 is 9.47 Å². The first-order valence-corrected chi connectivity index (χ1v) is 7.50. The minimum atomic E-state index is 0.439. The Morgan fingerprint density at radius 3 is 2.24 bits per heavy atom. The number of methoxy groups -OCH3 is 2. The summed E-state index contributed by atoms with van der Waals surface area (Å²) >= 11 is 5.39. The molecule has 0 spiro atoms. The number of anilines is 1. The number of nitrogens with one attached hydrogen (secondary N) is 2. The smallest absolute Gasteiger partial charge is 0.171 e. The molecule has 0 aromatic heterocycles. The molecule has 0 unspecified atom stereocenters. The summed E-state index contributed by atoms with van der Waals surface area (Å²) in [5.41, 5.74) is 0.858. The van der Waals surface area contributed by atoms with Crippen LogP contribution in [0, 0.1) is 0 Å². The van der Waals surface area contributed by atoms with Crippen LogP contribution in [-0.4, -0.2) is 50.4 Å². The van der Waals surface area contributed by atoms with Crippen LogP contribution < -0.4 is 20.1 Å². The van der Waals surface area contributed by atoms with Gasteiger partial charge in [-0.15, -0.1) is 0 Å². The molecule has 0 radical (unpaired) electrons. The molecule has 116 valence electrons. The van der Waals surface area contributed by atoms with Gasteiger partial charge in [0.1, 0.15) is 11.5 Å². The Balaban J connectivity index is 1.93. The van der Waals surface area contributed by atoms with Gasteiger partial charge in [-0.05, 0) is 45.2 Å². The molecule has 2 N–H and O–H groups in total. The molecule has 0 amide bonds. The summed E-state index contributed by atoms with van der Waals surface area (Å²) in [4.78, 5) is 2.33. The fraction of sp³-hybridized carbons (Fsp3) is 0.533. The Morgan fingerprint density at radius 1 is 1.14 bits per heavy atom. The van der Waals surface area contributed by atoms with Crippen LogP contribution in [0.5, 0.6) is 11.5 Å². The lowest BCUT2D eigenvalue weighted by atomic mass is 10.1. The number of hydrogen-bond acceptors (Lipinski definition) is 4. The molecule has 6 heteroatoms. The summed E-state index contributed by atoms with van der Waals surface area (Å²) < 4.78 is 10.5. The molecule has 1 heterocycles. The van der Waals surface area contributed by atoms with E-state index in [1.807, 2.05) is 18.2 Å². The van der Waals surface area contributed by atoms with Gasteiger partial charge in [-0.3, -0.25) is 0 Å². The van der Waals surface area contributed by atoms with Crippen LogP contribution in [0.3, 0.4) is 0 Å². The number of nitrogens with zero attached hydrogens (tertiary/aromatic N) is 1. The van der Waals surface area contributed by atoms with Gasteiger partial charge in [0.25, 0.3) is 0 Å². The quantitative estimate of drug-likeness (QED) is 0.831. The van der Waals surface area contributed by atoms with E-state index in [-0.39, 0.29) is 0 Å². The second kappa shape index (κ2) is 7.47. The van der Waals surface area contributed by atoms with E-state index >= 15 is 0 Å². The highest BCUT2D eigenvalue weighted by molar-refractivity contribution is 7.80. The molecule has 0 saturated carbocycles. The standard InChI is InChI=1S/C15H23N3O2S/c1-18-6-4-11(5-7-18)16-15(21)17-12-8-13(19-2)10-14(9-12)20-3/h8-11H,4-7H2,1-3H3,(H2,16,17,21). The number of hydrogen-bond donors (Lipinski definition) is 2. The lowest BCUT2D eigenvalue weighted by molar-refractivity contribution is 0.247. The van der Waals surface area contributed by atoms with Gasteiger partial charge in [-0.25, -0.2) is 0 Å². The Labute approximate surface area is 131 Å². The SMILES string of the molecule is COc1cc(NC(=S)NC2CCN(C)CC2)cc(OC)c1. The summed E-state index contributed by atoms with van der Waals surface area (Å²) in [5.74, 6) is 1.47. The van der Waals surface area contributed by atoms with Crippen molar-refractivity contribution in [2.24, 2.45) is 0 Å². The van der Waals surface area contributed by atoms with Crippen molar-refractivity contribution in [2.75, 3.05) is 39.7 Å². The van der Waals surface area contributed by atoms with Crippen LogP contribution in [0.2, 0.25) is 0 Å². The van der Waals surface area contributed by atoms with E-state index in [1.165, 1.54) is 0 Å². The van der Waals surface area contributed by atoms with E-state index in [4.69, 9.17) is 21.7 Å². The zero-order valence-corrected chi connectivity index (χ0v) is 13.6. The highest BCUT2D eigenvalue weighted by atomic mass is 32.1. The van der Waals surface area contributed by atoms with Gasteiger partial charge in [0.05, 0.1) is 14.2 Å². The Hall–Kier alpha value is -1.53. The van der Waals surface area contributed by atoms with Crippen LogP contribution in [0.25, 0.3) is 0 Å². The predicted octanol–water partition coefficient (Wildman–Crippen LogP) is 2.08. The second-order valence-corrected chi connectivity index (χ2v) is 5.69. The van der Waals surface area contributed by atoms with E-state index < -0.39 is 0 Å². The van der Waals surface area contributed by atoms with Gasteiger partial charge in [0, 0.05) is 29.9 Å². The van der Waals surface area contributed by atoms with Gasteiger partial charge in [-0.1, -0.05) is 0 Å². The lowest BCUT2D eigenvalue weighted by Crippen LogP contribution is -2.44. The first-order valence-electron chi connectivity index (χ1n) is 7.10. The van der Waals surface area contributed by atoms with E-state index in [9.17, 15) is 0 Å². The first-order chi connectivity index (χ1) is 10.1. The van der Waals surface area contributed by atoms with Crippen molar-refractivity contribution >= 4 is 23.0 Å². The molecule has 1 saturated heterocycles. The van der Waals surface area contributed by atoms with Crippen molar-refractivity contribution in [3.8, 4) is 11.5 Å². The zero-order chi connectivity index (χ0) is 15.2. The van der Waals surface area contributed by atoms with E-state index in [2.05, 4.69) is 22.6 Å². The van der Waals surface area contributed by atoms with Crippen molar-refractivity contribution in [3.63, 3.8) is 0 Å². The number of likely N-dealkylation sites (tertiary alicyclic amines) is 1. The topological polar surface area (TPSA) is 45.8 Å². The van der Waals surface area contributed by atoms with Crippen LogP contribution >= 0.6 is 12.2 Å². The van der Waals surface area contributed by atoms with Gasteiger partial charge >= 0.3 is 0 Å². The lowest BCUT2D eigenvalue weighted by Gasteiger charge is -2.30. The molecule has 1 aliphatic rings. The molecule has 21 heavy (non-hydrogen) atoms. The highest BCUT2D eigenvalue weighted by Crippen LogP contribution is 2.25. The summed E-state index contributed by atoms with van der Waals surface area (Å²) in [6.07, 6.45) is 2.22. The molecule has 1 aliphatic heterocycles. The van der Waals surface area contributed by atoms with E-state index in [0.29, 0.717) is 11.2 Å². The average molecular weight is 309 g/mol. The second-order valence-electron chi connectivity index (χ2n) is 5.28. The summed E-state index contributed by atoms with van der Waals surface area (Å²) in [6.45, 7) is 2.21. The highest BCUT2D eigenvalue weighted by Gasteiger charge is 2.17. The molecule has 0 atom stereocenters. The number of ether oxygens (including phenoxy) is 2. The van der Waals surface area contributed by atoms with Crippen LogP contribution in [0.4, 0.5) is 5.69 Å². The maximum Gasteiger partial charge on any atom is 0.171 e. The third-order valence-corrected chi connectivity index (χ3v) is 3.88. The number of benzene rings is 1. The fourth-order valence-electron chi connectivity index (χ4n) is 2.39. The van der Waals surface area contributed by atoms with Gasteiger partial charge in [0.2, 0.25) is 0 Å². The minimum Gasteiger partial charge on any atom is -0.497 e. The molecule has 0 aliphatic carbocycles. The summed E-state index contributed by atoms with van der Waals surface area (Å²) in [5, 5.41) is 7.21. The van der Waals surface area contributed by atoms with E-state index in [0.717, 1.165) is 43.1 Å². The van der Waals surface area contributed by atoms with Crippen molar-refractivity contribution in [2.45, 2.75) is 18.9 Å². The van der Waals surface area contributed by atoms with Gasteiger partial charge in [0.15, 0.2) is 5.11 Å². The monoisotopic (exact) mass is 309 g/mol. The largest absolute Gasteiger partial charge is 0.497 e. The molecule has 1 aromatic carbocycles. The number of thiocarbonyl (C=S) groups is 1. The Morgan fingerprint density at radius 2 is 1.71 bits per heavy atom. The van der Waals surface area contributed by atoms with Crippen molar-refractivity contribution in [1.82, 2.24) is 10.2 Å². The molecule has 0 bridgehead atoms. The maximum absolute atomic E-state index is 5.39. The average Bonchev–Trinajstić information content (AvgIpc) is 2.49.